The number of amides is 1. The van der Waals surface area contributed by atoms with Gasteiger partial charge in [0.15, 0.2) is 0 Å². The predicted molar refractivity (Wildman–Crippen MR) is 184 cm³/mol. The third kappa shape index (κ3) is 6.53. The Labute approximate surface area is 283 Å². The number of phenolic OH excluding ortho intramolecular Hbond substituents is 2. The van der Waals surface area contributed by atoms with E-state index in [4.69, 9.17) is 9.84 Å². The van der Waals surface area contributed by atoms with Gasteiger partial charge in [-0.05, 0) is 46.5 Å². The van der Waals surface area contributed by atoms with Crippen LogP contribution < -0.4 is 16.0 Å². The molecule has 0 aliphatic heterocycles. The van der Waals surface area contributed by atoms with Gasteiger partial charge >= 0.3 is 6.09 Å². The number of aromatic hydroxyl groups is 2. The van der Waals surface area contributed by atoms with Crippen LogP contribution in [0.15, 0.2) is 72.8 Å². The first-order valence-corrected chi connectivity index (χ1v) is 16.2. The average Bonchev–Trinajstić information content (AvgIpc) is 3.43. The van der Waals surface area contributed by atoms with Crippen LogP contribution >= 0.6 is 0 Å². The molecule has 0 unspecified atom stereocenters. The number of fused-ring (bicyclic) bond motifs is 5. The van der Waals surface area contributed by atoms with Crippen LogP contribution in [0.5, 0.6) is 11.5 Å². The molecule has 12 nitrogen and oxygen atoms in total. The maximum absolute atomic E-state index is 13.9. The van der Waals surface area contributed by atoms with Gasteiger partial charge in [-0.25, -0.2) is 4.79 Å². The van der Waals surface area contributed by atoms with Crippen molar-refractivity contribution in [2.75, 3.05) is 69.7 Å². The smallest absolute Gasteiger partial charge is 0.409 e. The summed E-state index contributed by atoms with van der Waals surface area (Å²) in [6.45, 7) is 1.28. The molecule has 7 N–H and O–H groups in total. The van der Waals surface area contributed by atoms with E-state index < -0.39 is 29.2 Å². The van der Waals surface area contributed by atoms with Gasteiger partial charge in [-0.15, -0.1) is 0 Å². The first-order chi connectivity index (χ1) is 23.8. The van der Waals surface area contributed by atoms with Crippen LogP contribution in [-0.4, -0.2) is 102 Å². The Kier molecular flexibility index (Phi) is 10.1. The highest BCUT2D eigenvalue weighted by atomic mass is 16.6. The van der Waals surface area contributed by atoms with Crippen LogP contribution in [0.25, 0.3) is 11.1 Å². The van der Waals surface area contributed by atoms with E-state index in [2.05, 4.69) is 28.1 Å². The van der Waals surface area contributed by atoms with E-state index in [-0.39, 0.29) is 67.6 Å². The molecule has 0 heterocycles. The molecule has 12 heteroatoms. The van der Waals surface area contributed by atoms with Crippen molar-refractivity contribution in [1.82, 2.24) is 10.2 Å². The summed E-state index contributed by atoms with van der Waals surface area (Å²) in [6, 6.07) is 21.6. The van der Waals surface area contributed by atoms with Crippen molar-refractivity contribution in [2.45, 2.75) is 5.92 Å². The van der Waals surface area contributed by atoms with E-state index in [1.165, 1.54) is 4.90 Å². The highest BCUT2D eigenvalue weighted by Crippen LogP contribution is 2.45. The summed E-state index contributed by atoms with van der Waals surface area (Å²) in [7, 11) is 0. The zero-order valence-electron chi connectivity index (χ0n) is 26.7. The second-order valence-corrected chi connectivity index (χ2v) is 11.8. The van der Waals surface area contributed by atoms with Gasteiger partial charge in [-0.1, -0.05) is 48.5 Å². The zero-order valence-corrected chi connectivity index (χ0v) is 26.7. The first kappa shape index (κ1) is 33.5. The molecule has 0 saturated heterocycles. The lowest BCUT2D eigenvalue weighted by Crippen LogP contribution is -2.38. The summed E-state index contributed by atoms with van der Waals surface area (Å²) in [5.41, 5.74) is 4.52. The molecule has 0 spiro atoms. The minimum absolute atomic E-state index is 0.0153. The Balaban J connectivity index is 1.18. The number of anilines is 2. The van der Waals surface area contributed by atoms with E-state index in [0.717, 1.165) is 34.4 Å². The molecule has 0 fully saturated rings. The Morgan fingerprint density at radius 3 is 1.76 bits per heavy atom. The SMILES string of the molecule is O=C1c2c(O)ccc(O)c2C(=O)c2c(NCCN(CCO)C(=O)OCC3c4ccccc4-c4ccccc43)ccc(NCCNCCO)c21. The molecular formula is C37H38N4O8. The number of nitrogens with zero attached hydrogens (tertiary/aromatic N) is 1. The standard InChI is InChI=1S/C37H38N4O8/c42-19-16-38-13-14-39-27-9-10-28(32-31(27)35(46)33-29(44)11-12-30(45)34(33)36(32)47)40-15-17-41(18-20-43)37(48)49-21-26-24-7-3-1-5-22(24)23-6-2-4-8-25(23)26/h1-12,26,38-40,42-45H,13-21H2. The molecule has 0 atom stereocenters. The number of aliphatic hydroxyl groups is 2. The molecule has 254 valence electrons. The molecule has 1 amide bonds. The molecule has 6 rings (SSSR count). The van der Waals surface area contributed by atoms with Crippen molar-refractivity contribution >= 4 is 29.0 Å². The number of carbonyl (C=O) groups excluding carboxylic acids is 3. The lowest BCUT2D eigenvalue weighted by atomic mass is 9.81. The van der Waals surface area contributed by atoms with Gasteiger partial charge < -0.3 is 46.0 Å². The fraction of sp³-hybridized carbons (Fsp3) is 0.270. The van der Waals surface area contributed by atoms with Gasteiger partial charge in [-0.2, -0.15) is 0 Å². The van der Waals surface area contributed by atoms with Crippen LogP contribution in [0.4, 0.5) is 16.2 Å². The molecule has 4 aromatic rings. The van der Waals surface area contributed by atoms with Gasteiger partial charge in [0.2, 0.25) is 11.6 Å². The number of ketones is 2. The molecule has 4 aromatic carbocycles. The maximum Gasteiger partial charge on any atom is 0.409 e. The molecule has 2 aliphatic carbocycles. The number of hydrogen-bond acceptors (Lipinski definition) is 11. The van der Waals surface area contributed by atoms with Crippen molar-refractivity contribution in [3.63, 3.8) is 0 Å². The Morgan fingerprint density at radius 1 is 0.653 bits per heavy atom. The lowest BCUT2D eigenvalue weighted by molar-refractivity contribution is 0.0933. The van der Waals surface area contributed by atoms with Crippen LogP contribution in [0.2, 0.25) is 0 Å². The van der Waals surface area contributed by atoms with Crippen molar-refractivity contribution < 1.29 is 39.5 Å². The minimum atomic E-state index is -0.647. The van der Waals surface area contributed by atoms with Crippen LogP contribution in [0.1, 0.15) is 48.9 Å². The van der Waals surface area contributed by atoms with Crippen LogP contribution in [0, 0.1) is 0 Å². The van der Waals surface area contributed by atoms with Gasteiger partial charge in [0, 0.05) is 56.6 Å². The number of carbonyl (C=O) groups is 3. The summed E-state index contributed by atoms with van der Waals surface area (Å²) < 4.78 is 5.79. The van der Waals surface area contributed by atoms with E-state index in [9.17, 15) is 29.7 Å². The van der Waals surface area contributed by atoms with Crippen molar-refractivity contribution in [2.24, 2.45) is 0 Å². The Bertz CT molecular complexity index is 1850. The summed E-state index contributed by atoms with van der Waals surface area (Å²) in [4.78, 5) is 42.3. The van der Waals surface area contributed by atoms with Crippen molar-refractivity contribution in [3.8, 4) is 22.6 Å². The summed E-state index contributed by atoms with van der Waals surface area (Å²) in [5, 5.41) is 49.2. The van der Waals surface area contributed by atoms with E-state index in [1.807, 2.05) is 36.4 Å². The lowest BCUT2D eigenvalue weighted by Gasteiger charge is -2.26. The van der Waals surface area contributed by atoms with Gasteiger partial charge in [0.1, 0.15) is 18.1 Å². The predicted octanol–water partition coefficient (Wildman–Crippen LogP) is 3.52. The second-order valence-electron chi connectivity index (χ2n) is 11.8. The number of aliphatic hydroxyl groups excluding tert-OH is 2. The second kappa shape index (κ2) is 14.8. The molecule has 0 aromatic heterocycles. The molecule has 2 aliphatic rings. The van der Waals surface area contributed by atoms with E-state index in [0.29, 0.717) is 31.0 Å². The fourth-order valence-electron chi connectivity index (χ4n) is 6.57. The third-order valence-corrected chi connectivity index (χ3v) is 8.84. The third-order valence-electron chi connectivity index (χ3n) is 8.84. The fourth-order valence-corrected chi connectivity index (χ4v) is 6.57. The van der Waals surface area contributed by atoms with Crippen LogP contribution in [0.3, 0.4) is 0 Å². The Morgan fingerprint density at radius 2 is 1.20 bits per heavy atom. The number of nitrogens with one attached hydrogen (secondary N) is 3. The monoisotopic (exact) mass is 666 g/mol. The van der Waals surface area contributed by atoms with Crippen molar-refractivity contribution in [3.05, 3.63) is 106 Å². The van der Waals surface area contributed by atoms with Crippen molar-refractivity contribution in [1.29, 1.82) is 0 Å². The summed E-state index contributed by atoms with van der Waals surface area (Å²) in [5.74, 6) is -2.26. The largest absolute Gasteiger partial charge is 0.507 e. The maximum atomic E-state index is 13.9. The first-order valence-electron chi connectivity index (χ1n) is 16.2. The minimum Gasteiger partial charge on any atom is -0.507 e. The number of phenols is 2. The quantitative estimate of drug-likeness (QED) is 0.0681. The molecular weight excluding hydrogens is 628 g/mol. The molecule has 49 heavy (non-hydrogen) atoms. The average molecular weight is 667 g/mol. The Hall–Kier alpha value is -5.43. The normalized spacial score (nSPS) is 12.9. The topological polar surface area (TPSA) is 181 Å². The number of hydrogen-bond donors (Lipinski definition) is 7. The number of ether oxygens (including phenoxy) is 1. The van der Waals surface area contributed by atoms with Gasteiger partial charge in [0.25, 0.3) is 0 Å². The zero-order chi connectivity index (χ0) is 34.5. The highest BCUT2D eigenvalue weighted by molar-refractivity contribution is 6.33. The van der Waals surface area contributed by atoms with E-state index in [1.54, 1.807) is 12.1 Å². The van der Waals surface area contributed by atoms with E-state index >= 15 is 0 Å². The van der Waals surface area contributed by atoms with Gasteiger partial charge in [-0.3, -0.25) is 9.59 Å². The molecule has 0 radical (unpaired) electrons. The highest BCUT2D eigenvalue weighted by Gasteiger charge is 2.38. The molecule has 0 bridgehead atoms. The van der Waals surface area contributed by atoms with Crippen LogP contribution in [-0.2, 0) is 4.74 Å². The summed E-state index contributed by atoms with van der Waals surface area (Å²) >= 11 is 0. The molecule has 0 saturated carbocycles. The van der Waals surface area contributed by atoms with Gasteiger partial charge in [0.05, 0.1) is 35.5 Å². The summed E-state index contributed by atoms with van der Waals surface area (Å²) in [6.07, 6.45) is -0.602. The number of rotatable bonds is 14. The number of benzene rings is 4.